The minimum absolute atomic E-state index is 0.131. The van der Waals surface area contributed by atoms with Crippen LogP contribution < -0.4 is 5.69 Å². The van der Waals surface area contributed by atoms with Crippen LogP contribution >= 0.6 is 0 Å². The lowest BCUT2D eigenvalue weighted by atomic mass is 9.93. The summed E-state index contributed by atoms with van der Waals surface area (Å²) in [6.45, 7) is 1.33. The first kappa shape index (κ1) is 16.4. The Morgan fingerprint density at radius 2 is 1.96 bits per heavy atom. The van der Waals surface area contributed by atoms with E-state index < -0.39 is 0 Å². The van der Waals surface area contributed by atoms with E-state index in [-0.39, 0.29) is 11.6 Å². The van der Waals surface area contributed by atoms with Gasteiger partial charge in [-0.1, -0.05) is 30.3 Å². The van der Waals surface area contributed by atoms with E-state index in [2.05, 4.69) is 38.4 Å². The van der Waals surface area contributed by atoms with E-state index in [9.17, 15) is 9.59 Å². The van der Waals surface area contributed by atoms with E-state index in [4.69, 9.17) is 0 Å². The van der Waals surface area contributed by atoms with Crippen LogP contribution in [0.2, 0.25) is 0 Å². The Morgan fingerprint density at radius 3 is 2.65 bits per heavy atom. The molecule has 3 N–H and O–H groups in total. The van der Waals surface area contributed by atoms with E-state index in [1.165, 1.54) is 11.8 Å². The fourth-order valence-corrected chi connectivity index (χ4v) is 3.49. The van der Waals surface area contributed by atoms with Crippen LogP contribution in [0.15, 0.2) is 47.4 Å². The van der Waals surface area contributed by atoms with Crippen LogP contribution in [-0.2, 0) is 6.42 Å². The van der Waals surface area contributed by atoms with Gasteiger partial charge in [-0.15, -0.1) is 0 Å². The molecule has 0 atom stereocenters. The number of benzene rings is 1. The lowest BCUT2D eigenvalue weighted by molar-refractivity contribution is 0.0706. The molecule has 1 amide bonds. The molecule has 0 unspecified atom stereocenters. The second kappa shape index (κ2) is 7.03. The molecule has 0 saturated carbocycles. The highest BCUT2D eigenvalue weighted by Crippen LogP contribution is 2.28. The first-order valence-corrected chi connectivity index (χ1v) is 8.84. The molecule has 7 heteroatoms. The number of imidazole rings is 1. The molecular weight excluding hydrogens is 330 g/mol. The van der Waals surface area contributed by atoms with Crippen molar-refractivity contribution in [1.29, 1.82) is 0 Å². The number of amides is 1. The highest BCUT2D eigenvalue weighted by Gasteiger charge is 2.26. The average molecular weight is 351 g/mol. The highest BCUT2D eigenvalue weighted by molar-refractivity contribution is 5.92. The van der Waals surface area contributed by atoms with Gasteiger partial charge in [-0.3, -0.25) is 9.89 Å². The first-order chi connectivity index (χ1) is 12.7. The van der Waals surface area contributed by atoms with Crippen LogP contribution in [0.4, 0.5) is 0 Å². The first-order valence-electron chi connectivity index (χ1n) is 8.84. The van der Waals surface area contributed by atoms with E-state index in [1.807, 2.05) is 18.2 Å². The Kier molecular flexibility index (Phi) is 4.43. The summed E-state index contributed by atoms with van der Waals surface area (Å²) in [6, 6.07) is 12.4. The minimum atomic E-state index is -0.356. The van der Waals surface area contributed by atoms with Crippen LogP contribution in [0.3, 0.4) is 0 Å². The van der Waals surface area contributed by atoms with Gasteiger partial charge in [0.25, 0.3) is 5.91 Å². The summed E-state index contributed by atoms with van der Waals surface area (Å²) in [4.78, 5) is 30.3. The number of H-pyrrole nitrogens is 3. The Labute approximate surface area is 150 Å². The topological polar surface area (TPSA) is 97.6 Å². The molecule has 26 heavy (non-hydrogen) atoms. The Balaban J connectivity index is 1.36. The van der Waals surface area contributed by atoms with Gasteiger partial charge < -0.3 is 14.9 Å². The predicted octanol–water partition coefficient (Wildman–Crippen LogP) is 2.04. The van der Waals surface area contributed by atoms with Gasteiger partial charge in [0.2, 0.25) is 0 Å². The van der Waals surface area contributed by atoms with Crippen molar-refractivity contribution in [3.8, 4) is 0 Å². The zero-order valence-electron chi connectivity index (χ0n) is 14.4. The number of hydrogen-bond donors (Lipinski definition) is 3. The van der Waals surface area contributed by atoms with Crippen molar-refractivity contribution in [3.63, 3.8) is 0 Å². The van der Waals surface area contributed by atoms with Crippen molar-refractivity contribution in [2.45, 2.75) is 25.2 Å². The number of hydrogen-bond acceptors (Lipinski definition) is 3. The summed E-state index contributed by atoms with van der Waals surface area (Å²) in [6.07, 6.45) is 4.01. The second-order valence-corrected chi connectivity index (χ2v) is 6.70. The molecule has 1 aliphatic rings. The number of aromatic nitrogens is 4. The maximum absolute atomic E-state index is 12.4. The smallest absolute Gasteiger partial charge is 0.323 e. The van der Waals surface area contributed by atoms with Crippen LogP contribution in [0, 0.1) is 0 Å². The number of piperidine rings is 1. The fraction of sp³-hybridized carbons (Fsp3) is 0.316. The maximum atomic E-state index is 12.4. The molecule has 0 bridgehead atoms. The van der Waals surface area contributed by atoms with Gasteiger partial charge in [0.05, 0.1) is 5.69 Å². The van der Waals surface area contributed by atoms with Crippen molar-refractivity contribution >= 4 is 5.91 Å². The van der Waals surface area contributed by atoms with Crippen molar-refractivity contribution in [2.24, 2.45) is 0 Å². The lowest BCUT2D eigenvalue weighted by Gasteiger charge is -2.30. The standard InChI is InChI=1S/C19H21N5O2/c25-18(17-12-20-19(26)21-17)24-8-6-14(7-9-24)16-11-15(22-23-16)10-13-4-2-1-3-5-13/h1-5,11-12,14H,6-10H2,(H,22,23)(H2,20,21,26). The van der Waals surface area contributed by atoms with Crippen molar-refractivity contribution < 1.29 is 4.79 Å². The normalized spacial score (nSPS) is 15.3. The summed E-state index contributed by atoms with van der Waals surface area (Å²) < 4.78 is 0. The molecule has 0 radical (unpaired) electrons. The third-order valence-corrected chi connectivity index (χ3v) is 4.91. The monoisotopic (exact) mass is 351 g/mol. The molecule has 4 rings (SSSR count). The molecule has 1 aromatic carbocycles. The maximum Gasteiger partial charge on any atom is 0.323 e. The number of likely N-dealkylation sites (tertiary alicyclic amines) is 1. The molecule has 2 aromatic heterocycles. The van der Waals surface area contributed by atoms with Crippen molar-refractivity contribution in [1.82, 2.24) is 25.1 Å². The van der Waals surface area contributed by atoms with E-state index in [1.54, 1.807) is 4.90 Å². The molecular formula is C19H21N5O2. The predicted molar refractivity (Wildman–Crippen MR) is 97.1 cm³/mol. The quantitative estimate of drug-likeness (QED) is 0.671. The van der Waals surface area contributed by atoms with Crippen molar-refractivity contribution in [2.75, 3.05) is 13.1 Å². The van der Waals surface area contributed by atoms with Crippen LogP contribution in [0.5, 0.6) is 0 Å². The largest absolute Gasteiger partial charge is 0.337 e. The minimum Gasteiger partial charge on any atom is -0.337 e. The molecule has 3 heterocycles. The SMILES string of the molecule is O=C(c1c[nH]c(=O)[nH]1)N1CCC(c2cc(Cc3ccccc3)[nH]n2)CC1. The zero-order chi connectivity index (χ0) is 17.9. The number of carbonyl (C=O) groups excluding carboxylic acids is 1. The van der Waals surface area contributed by atoms with Crippen LogP contribution in [0.25, 0.3) is 0 Å². The molecule has 1 saturated heterocycles. The van der Waals surface area contributed by atoms with E-state index >= 15 is 0 Å². The summed E-state index contributed by atoms with van der Waals surface area (Å²) >= 11 is 0. The summed E-state index contributed by atoms with van der Waals surface area (Å²) in [5.74, 6) is 0.221. The van der Waals surface area contributed by atoms with Crippen molar-refractivity contribution in [3.05, 3.63) is 75.7 Å². The second-order valence-electron chi connectivity index (χ2n) is 6.70. The van der Waals surface area contributed by atoms with Gasteiger partial charge >= 0.3 is 5.69 Å². The van der Waals surface area contributed by atoms with Crippen LogP contribution in [0.1, 0.15) is 46.2 Å². The Hall–Kier alpha value is -3.09. The zero-order valence-corrected chi connectivity index (χ0v) is 14.4. The molecule has 0 aliphatic carbocycles. The third-order valence-electron chi connectivity index (χ3n) is 4.91. The molecule has 7 nitrogen and oxygen atoms in total. The highest BCUT2D eigenvalue weighted by atomic mass is 16.2. The van der Waals surface area contributed by atoms with Crippen LogP contribution in [-0.4, -0.2) is 44.1 Å². The Bertz CT molecular complexity index is 932. The van der Waals surface area contributed by atoms with Gasteiger partial charge in [0.15, 0.2) is 0 Å². The summed E-state index contributed by atoms with van der Waals surface area (Å²) in [5, 5.41) is 7.63. The average Bonchev–Trinajstić information content (AvgIpc) is 3.31. The van der Waals surface area contributed by atoms with Gasteiger partial charge in [-0.25, -0.2) is 4.79 Å². The number of nitrogens with zero attached hydrogens (tertiary/aromatic N) is 2. The number of aromatic amines is 3. The molecule has 1 aliphatic heterocycles. The number of carbonyl (C=O) groups is 1. The Morgan fingerprint density at radius 1 is 1.19 bits per heavy atom. The van der Waals surface area contributed by atoms with Gasteiger partial charge in [0.1, 0.15) is 5.69 Å². The number of nitrogens with one attached hydrogen (secondary N) is 3. The van der Waals surface area contributed by atoms with E-state index in [0.717, 1.165) is 30.7 Å². The van der Waals surface area contributed by atoms with Gasteiger partial charge in [0, 0.05) is 37.3 Å². The van der Waals surface area contributed by atoms with Gasteiger partial charge in [-0.05, 0) is 24.5 Å². The molecule has 1 fully saturated rings. The third kappa shape index (κ3) is 3.46. The number of rotatable bonds is 4. The molecule has 134 valence electrons. The molecule has 3 aromatic rings. The summed E-state index contributed by atoms with van der Waals surface area (Å²) in [5.41, 5.74) is 3.39. The van der Waals surface area contributed by atoms with E-state index in [0.29, 0.717) is 24.7 Å². The molecule has 0 spiro atoms. The fourth-order valence-electron chi connectivity index (χ4n) is 3.49. The van der Waals surface area contributed by atoms with Gasteiger partial charge in [-0.2, -0.15) is 5.10 Å². The summed E-state index contributed by atoms with van der Waals surface area (Å²) in [7, 11) is 0. The lowest BCUT2D eigenvalue weighted by Crippen LogP contribution is -2.38.